The second-order valence-corrected chi connectivity index (χ2v) is 6.48. The summed E-state index contributed by atoms with van der Waals surface area (Å²) in [7, 11) is 1.98. The molecule has 1 fully saturated rings. The highest BCUT2D eigenvalue weighted by atomic mass is 16.1. The molecule has 1 atom stereocenters. The zero-order chi connectivity index (χ0) is 17.2. The van der Waals surface area contributed by atoms with Crippen molar-refractivity contribution in [3.8, 4) is 5.82 Å². The Morgan fingerprint density at radius 2 is 2.20 bits per heavy atom. The zero-order valence-electron chi connectivity index (χ0n) is 14.2. The lowest BCUT2D eigenvalue weighted by atomic mass is 10.2. The summed E-state index contributed by atoms with van der Waals surface area (Å²) in [6.07, 6.45) is 11.3. The highest BCUT2D eigenvalue weighted by Crippen LogP contribution is 2.20. The van der Waals surface area contributed by atoms with Gasteiger partial charge in [0.05, 0.1) is 18.6 Å². The molecule has 1 aliphatic rings. The molecule has 0 amide bonds. The van der Waals surface area contributed by atoms with E-state index in [1.165, 1.54) is 0 Å². The maximum Gasteiger partial charge on any atom is 0.266 e. The highest BCUT2D eigenvalue weighted by molar-refractivity contribution is 5.19. The summed E-state index contributed by atoms with van der Waals surface area (Å²) in [6.45, 7) is 2.42. The van der Waals surface area contributed by atoms with E-state index < -0.39 is 0 Å². The van der Waals surface area contributed by atoms with Gasteiger partial charge in [-0.05, 0) is 25.5 Å². The summed E-state index contributed by atoms with van der Waals surface area (Å²) in [4.78, 5) is 23.1. The number of likely N-dealkylation sites (tertiary alicyclic amines) is 1. The molecular weight excluding hydrogens is 318 g/mol. The van der Waals surface area contributed by atoms with Gasteiger partial charge < -0.3 is 4.57 Å². The third-order valence-electron chi connectivity index (χ3n) is 4.63. The van der Waals surface area contributed by atoms with Crippen LogP contribution in [0.15, 0.2) is 48.2 Å². The predicted molar refractivity (Wildman–Crippen MR) is 92.3 cm³/mol. The molecule has 25 heavy (non-hydrogen) atoms. The van der Waals surface area contributed by atoms with Crippen LogP contribution in [0.25, 0.3) is 5.82 Å². The van der Waals surface area contributed by atoms with Crippen molar-refractivity contribution < 1.29 is 0 Å². The minimum absolute atomic E-state index is 0.0754. The summed E-state index contributed by atoms with van der Waals surface area (Å²) in [5.74, 6) is 0.700. The first kappa shape index (κ1) is 15.8. The van der Waals surface area contributed by atoms with Crippen LogP contribution in [0.2, 0.25) is 0 Å². The van der Waals surface area contributed by atoms with Gasteiger partial charge in [-0.2, -0.15) is 5.10 Å². The summed E-state index contributed by atoms with van der Waals surface area (Å²) in [5.41, 5.74) is 0.982. The fourth-order valence-electron chi connectivity index (χ4n) is 3.37. The molecule has 0 saturated carbocycles. The lowest BCUT2D eigenvalue weighted by molar-refractivity contribution is 0.214. The molecule has 0 spiro atoms. The van der Waals surface area contributed by atoms with Crippen LogP contribution < -0.4 is 5.56 Å². The maximum atomic E-state index is 12.2. The number of rotatable bonds is 5. The Kier molecular flexibility index (Phi) is 4.19. The fourth-order valence-corrected chi connectivity index (χ4v) is 3.37. The van der Waals surface area contributed by atoms with Gasteiger partial charge in [0.25, 0.3) is 5.56 Å². The largest absolute Gasteiger partial charge is 0.340 e. The number of aryl methyl sites for hydroxylation is 1. The van der Waals surface area contributed by atoms with Crippen molar-refractivity contribution >= 4 is 0 Å². The van der Waals surface area contributed by atoms with Gasteiger partial charge in [0, 0.05) is 44.3 Å². The van der Waals surface area contributed by atoms with Gasteiger partial charge in [-0.15, -0.1) is 0 Å². The van der Waals surface area contributed by atoms with Crippen molar-refractivity contribution in [2.24, 2.45) is 7.05 Å². The Morgan fingerprint density at radius 3 is 2.96 bits per heavy atom. The van der Waals surface area contributed by atoms with Gasteiger partial charge in [-0.3, -0.25) is 14.3 Å². The molecule has 1 saturated heterocycles. The van der Waals surface area contributed by atoms with Crippen LogP contribution in [0.3, 0.4) is 0 Å². The van der Waals surface area contributed by atoms with Gasteiger partial charge in [-0.1, -0.05) is 0 Å². The SMILES string of the molecule is Cn1cnc(CN2CCCC2Cn2nc(-n3ccnc3)ccc2=O)c1. The second kappa shape index (κ2) is 6.64. The summed E-state index contributed by atoms with van der Waals surface area (Å²) in [6, 6.07) is 3.59. The van der Waals surface area contributed by atoms with E-state index in [0.717, 1.165) is 31.6 Å². The van der Waals surface area contributed by atoms with Crippen LogP contribution >= 0.6 is 0 Å². The first-order valence-corrected chi connectivity index (χ1v) is 8.46. The lowest BCUT2D eigenvalue weighted by Gasteiger charge is -2.23. The predicted octanol–water partition coefficient (Wildman–Crippen LogP) is 0.827. The van der Waals surface area contributed by atoms with Crippen molar-refractivity contribution in [3.63, 3.8) is 0 Å². The Labute approximate surface area is 145 Å². The highest BCUT2D eigenvalue weighted by Gasteiger charge is 2.26. The minimum Gasteiger partial charge on any atom is -0.340 e. The Hall–Kier alpha value is -2.74. The number of hydrogen-bond acceptors (Lipinski definition) is 5. The first-order valence-electron chi connectivity index (χ1n) is 8.46. The molecular formula is C17H21N7O. The van der Waals surface area contributed by atoms with Crippen LogP contribution in [0.1, 0.15) is 18.5 Å². The standard InChI is InChI=1S/C17H21N7O/c1-21-9-14(19-13-21)10-22-7-2-3-15(22)11-24-17(25)5-4-16(20-24)23-8-6-18-12-23/h4-6,8-9,12-13,15H,2-3,7,10-11H2,1H3. The first-order chi connectivity index (χ1) is 12.2. The van der Waals surface area contributed by atoms with E-state index >= 15 is 0 Å². The Morgan fingerprint density at radius 1 is 1.28 bits per heavy atom. The quantitative estimate of drug-likeness (QED) is 0.688. The summed E-state index contributed by atoms with van der Waals surface area (Å²) >= 11 is 0. The van der Waals surface area contributed by atoms with E-state index in [9.17, 15) is 4.79 Å². The molecule has 0 radical (unpaired) electrons. The van der Waals surface area contributed by atoms with E-state index in [1.807, 2.05) is 30.3 Å². The molecule has 1 unspecified atom stereocenters. The smallest absolute Gasteiger partial charge is 0.266 e. The minimum atomic E-state index is -0.0754. The van der Waals surface area contributed by atoms with E-state index in [1.54, 1.807) is 33.9 Å². The normalized spacial score (nSPS) is 18.0. The Balaban J connectivity index is 1.52. The van der Waals surface area contributed by atoms with Gasteiger partial charge in [0.2, 0.25) is 0 Å². The van der Waals surface area contributed by atoms with Gasteiger partial charge in [0.1, 0.15) is 6.33 Å². The van der Waals surface area contributed by atoms with Crippen molar-refractivity contribution in [2.75, 3.05) is 6.54 Å². The van der Waals surface area contributed by atoms with Crippen LogP contribution in [0.5, 0.6) is 0 Å². The van der Waals surface area contributed by atoms with Crippen LogP contribution in [0, 0.1) is 0 Å². The van der Waals surface area contributed by atoms with Crippen LogP contribution in [-0.2, 0) is 20.1 Å². The average Bonchev–Trinajstić information content (AvgIpc) is 3.33. The lowest BCUT2D eigenvalue weighted by Crippen LogP contribution is -2.37. The van der Waals surface area contributed by atoms with Gasteiger partial charge >= 0.3 is 0 Å². The van der Waals surface area contributed by atoms with Crippen molar-refractivity contribution in [3.05, 3.63) is 59.4 Å². The number of aromatic nitrogens is 6. The molecule has 8 nitrogen and oxygen atoms in total. The Bertz CT molecular complexity index is 896. The molecule has 8 heteroatoms. The third-order valence-corrected chi connectivity index (χ3v) is 4.63. The molecule has 0 aromatic carbocycles. The van der Waals surface area contributed by atoms with Crippen molar-refractivity contribution in [2.45, 2.75) is 32.0 Å². The van der Waals surface area contributed by atoms with Crippen molar-refractivity contribution in [1.29, 1.82) is 0 Å². The molecule has 3 aromatic heterocycles. The molecule has 4 rings (SSSR count). The second-order valence-electron chi connectivity index (χ2n) is 6.48. The third kappa shape index (κ3) is 3.39. The molecule has 4 heterocycles. The zero-order valence-corrected chi connectivity index (χ0v) is 14.2. The number of hydrogen-bond donors (Lipinski definition) is 0. The van der Waals surface area contributed by atoms with E-state index in [2.05, 4.69) is 20.0 Å². The van der Waals surface area contributed by atoms with Crippen LogP contribution in [-0.4, -0.2) is 46.4 Å². The number of nitrogens with zero attached hydrogens (tertiary/aromatic N) is 7. The van der Waals surface area contributed by atoms with Gasteiger partial charge in [0.15, 0.2) is 5.82 Å². The van der Waals surface area contributed by atoms with Crippen LogP contribution in [0.4, 0.5) is 0 Å². The summed E-state index contributed by atoms with van der Waals surface area (Å²) in [5, 5.41) is 4.50. The molecule has 130 valence electrons. The summed E-state index contributed by atoms with van der Waals surface area (Å²) < 4.78 is 5.33. The number of imidazole rings is 2. The van der Waals surface area contributed by atoms with E-state index in [0.29, 0.717) is 18.4 Å². The van der Waals surface area contributed by atoms with E-state index in [-0.39, 0.29) is 5.56 Å². The molecule has 3 aromatic rings. The topological polar surface area (TPSA) is 73.8 Å². The molecule has 0 bridgehead atoms. The fraction of sp³-hybridized carbons (Fsp3) is 0.412. The van der Waals surface area contributed by atoms with Crippen molar-refractivity contribution in [1.82, 2.24) is 33.8 Å². The average molecular weight is 339 g/mol. The van der Waals surface area contributed by atoms with E-state index in [4.69, 9.17) is 0 Å². The molecule has 0 aliphatic carbocycles. The monoisotopic (exact) mass is 339 g/mol. The molecule has 0 N–H and O–H groups in total. The molecule has 1 aliphatic heterocycles. The maximum absolute atomic E-state index is 12.2. The van der Waals surface area contributed by atoms with Gasteiger partial charge in [-0.25, -0.2) is 14.6 Å².